The van der Waals surface area contributed by atoms with E-state index in [0.29, 0.717) is 11.6 Å². The number of carbonyl (C=O) groups excluding carboxylic acids is 1. The Balaban J connectivity index is 2.45. The van der Waals surface area contributed by atoms with E-state index in [9.17, 15) is 26.7 Å². The predicted molar refractivity (Wildman–Crippen MR) is 110 cm³/mol. The monoisotopic (exact) mass is 460 g/mol. The van der Waals surface area contributed by atoms with Gasteiger partial charge in [0.25, 0.3) is 0 Å². The molecule has 0 aliphatic rings. The molecule has 2 aromatic carbocycles. The molecule has 0 aliphatic heterocycles. The molecule has 0 heterocycles. The van der Waals surface area contributed by atoms with E-state index in [-0.39, 0.29) is 23.7 Å². The number of rotatable bonds is 6. The van der Waals surface area contributed by atoms with Gasteiger partial charge < -0.3 is 14.4 Å². The summed E-state index contributed by atoms with van der Waals surface area (Å²) in [4.78, 5) is 13.8. The van der Waals surface area contributed by atoms with Crippen molar-refractivity contribution in [2.75, 3.05) is 19.4 Å². The van der Waals surface area contributed by atoms with Gasteiger partial charge in [0.1, 0.15) is 11.4 Å². The summed E-state index contributed by atoms with van der Waals surface area (Å²) in [7, 11) is 3.42. The molecule has 2 rings (SSSR count). The molecule has 176 valence electrons. The fourth-order valence-corrected chi connectivity index (χ4v) is 2.67. The average Bonchev–Trinajstić information content (AvgIpc) is 2.61. The van der Waals surface area contributed by atoms with Crippen LogP contribution in [0.15, 0.2) is 42.5 Å². The van der Waals surface area contributed by atoms with Crippen LogP contribution >= 0.6 is 0 Å². The van der Waals surface area contributed by atoms with Gasteiger partial charge in [-0.1, -0.05) is 24.3 Å². The van der Waals surface area contributed by atoms with Crippen molar-refractivity contribution in [3.63, 3.8) is 0 Å². The zero-order valence-electron chi connectivity index (χ0n) is 18.3. The Kier molecular flexibility index (Phi) is 7.39. The Labute approximate surface area is 183 Å². The summed E-state index contributed by atoms with van der Waals surface area (Å²) < 4.78 is 77.4. The molecule has 32 heavy (non-hydrogen) atoms. The summed E-state index contributed by atoms with van der Waals surface area (Å²) in [6.45, 7) is 5.24. The summed E-state index contributed by atoms with van der Waals surface area (Å²) in [5, 5.41) is 2.49. The molecular formula is C22H25F5N2O3. The van der Waals surface area contributed by atoms with Crippen molar-refractivity contribution < 1.29 is 36.2 Å². The zero-order chi connectivity index (χ0) is 24.3. The molecule has 0 radical (unpaired) electrons. The standard InChI is InChI=1S/C22H25F5N2O3/c1-20(2,3)32-19(30)28-16-8-6-7-9-17(16)31-18-12-15(21(23,24)22(25,26)27)11-10-14(18)13-29(4)5/h6-12H,13H2,1-5H3,(H,28,30). The lowest BCUT2D eigenvalue weighted by Gasteiger charge is -2.23. The van der Waals surface area contributed by atoms with Crippen molar-refractivity contribution in [1.82, 2.24) is 4.90 Å². The minimum absolute atomic E-state index is 0.0471. The minimum Gasteiger partial charge on any atom is -0.455 e. The number of carbonyl (C=O) groups is 1. The van der Waals surface area contributed by atoms with Gasteiger partial charge in [-0.05, 0) is 53.1 Å². The molecule has 0 atom stereocenters. The first-order valence-electron chi connectivity index (χ1n) is 9.60. The first-order valence-corrected chi connectivity index (χ1v) is 9.60. The van der Waals surface area contributed by atoms with Crippen molar-refractivity contribution in [3.05, 3.63) is 53.6 Å². The van der Waals surface area contributed by atoms with Crippen molar-refractivity contribution in [2.45, 2.75) is 45.0 Å². The van der Waals surface area contributed by atoms with Crippen LogP contribution in [0.3, 0.4) is 0 Å². The van der Waals surface area contributed by atoms with E-state index in [1.54, 1.807) is 51.9 Å². The number of halogens is 5. The molecule has 1 amide bonds. The number of hydrogen-bond donors (Lipinski definition) is 1. The van der Waals surface area contributed by atoms with Gasteiger partial charge in [-0.3, -0.25) is 5.32 Å². The Hall–Kier alpha value is -2.88. The number of ether oxygens (including phenoxy) is 2. The van der Waals surface area contributed by atoms with Gasteiger partial charge >= 0.3 is 18.2 Å². The fraction of sp³-hybridized carbons (Fsp3) is 0.409. The third-order valence-corrected chi connectivity index (χ3v) is 4.01. The third kappa shape index (κ3) is 6.56. The fourth-order valence-electron chi connectivity index (χ4n) is 2.67. The Morgan fingerprint density at radius 2 is 1.59 bits per heavy atom. The highest BCUT2D eigenvalue weighted by Crippen LogP contribution is 2.45. The van der Waals surface area contributed by atoms with E-state index < -0.39 is 29.4 Å². The van der Waals surface area contributed by atoms with Crippen molar-refractivity contribution in [1.29, 1.82) is 0 Å². The minimum atomic E-state index is -5.76. The second-order valence-electron chi connectivity index (χ2n) is 8.36. The molecule has 0 aromatic heterocycles. The van der Waals surface area contributed by atoms with Crippen molar-refractivity contribution in [2.24, 2.45) is 0 Å². The highest BCUT2D eigenvalue weighted by atomic mass is 19.4. The SMILES string of the molecule is CN(C)Cc1ccc(C(F)(F)C(F)(F)F)cc1Oc1ccccc1NC(=O)OC(C)(C)C. The number of alkyl halides is 5. The summed E-state index contributed by atoms with van der Waals surface area (Å²) in [5.74, 6) is -5.21. The van der Waals surface area contributed by atoms with Crippen LogP contribution in [0.5, 0.6) is 11.5 Å². The zero-order valence-corrected chi connectivity index (χ0v) is 18.3. The molecule has 0 saturated carbocycles. The van der Waals surface area contributed by atoms with Crippen LogP contribution in [0.2, 0.25) is 0 Å². The molecule has 0 unspecified atom stereocenters. The van der Waals surface area contributed by atoms with E-state index in [1.165, 1.54) is 12.1 Å². The second-order valence-corrected chi connectivity index (χ2v) is 8.36. The third-order valence-electron chi connectivity index (χ3n) is 4.01. The highest BCUT2D eigenvalue weighted by molar-refractivity contribution is 5.87. The van der Waals surface area contributed by atoms with Crippen LogP contribution < -0.4 is 10.1 Å². The van der Waals surface area contributed by atoms with Crippen LogP contribution in [0, 0.1) is 0 Å². The topological polar surface area (TPSA) is 50.8 Å². The predicted octanol–water partition coefficient (Wildman–Crippen LogP) is 6.54. The van der Waals surface area contributed by atoms with Gasteiger partial charge in [0.2, 0.25) is 0 Å². The molecule has 0 saturated heterocycles. The normalized spacial score (nSPS) is 12.6. The summed E-state index contributed by atoms with van der Waals surface area (Å²) in [5.41, 5.74) is -1.48. The number of nitrogens with zero attached hydrogens (tertiary/aromatic N) is 1. The average molecular weight is 460 g/mol. The lowest BCUT2D eigenvalue weighted by Crippen LogP contribution is -2.33. The van der Waals surface area contributed by atoms with Crippen LogP contribution in [0.1, 0.15) is 31.9 Å². The molecule has 0 bridgehead atoms. The molecule has 0 aliphatic carbocycles. The molecule has 10 heteroatoms. The maximum Gasteiger partial charge on any atom is 0.458 e. The number of nitrogens with one attached hydrogen (secondary N) is 1. The lowest BCUT2D eigenvalue weighted by molar-refractivity contribution is -0.289. The molecule has 1 N–H and O–H groups in total. The number of hydrogen-bond acceptors (Lipinski definition) is 4. The van der Waals surface area contributed by atoms with E-state index in [1.807, 2.05) is 0 Å². The van der Waals surface area contributed by atoms with Crippen LogP contribution in [-0.4, -0.2) is 36.9 Å². The van der Waals surface area contributed by atoms with Crippen LogP contribution in [0.25, 0.3) is 0 Å². The maximum atomic E-state index is 13.9. The maximum absolute atomic E-state index is 13.9. The van der Waals surface area contributed by atoms with Gasteiger partial charge in [0, 0.05) is 17.7 Å². The molecule has 5 nitrogen and oxygen atoms in total. The van der Waals surface area contributed by atoms with E-state index in [0.717, 1.165) is 12.1 Å². The van der Waals surface area contributed by atoms with Gasteiger partial charge in [-0.15, -0.1) is 0 Å². The van der Waals surface area contributed by atoms with Gasteiger partial charge in [-0.2, -0.15) is 22.0 Å². The Morgan fingerprint density at radius 1 is 0.969 bits per heavy atom. The van der Waals surface area contributed by atoms with Crippen LogP contribution in [-0.2, 0) is 17.2 Å². The van der Waals surface area contributed by atoms with Crippen LogP contribution in [0.4, 0.5) is 32.4 Å². The van der Waals surface area contributed by atoms with Crippen molar-refractivity contribution in [3.8, 4) is 11.5 Å². The molecule has 0 spiro atoms. The molecule has 2 aromatic rings. The molecule has 0 fully saturated rings. The van der Waals surface area contributed by atoms with E-state index in [4.69, 9.17) is 9.47 Å². The summed E-state index contributed by atoms with van der Waals surface area (Å²) in [6, 6.07) is 8.64. The highest BCUT2D eigenvalue weighted by Gasteiger charge is 2.58. The second kappa shape index (κ2) is 9.32. The van der Waals surface area contributed by atoms with Crippen molar-refractivity contribution >= 4 is 11.8 Å². The number of anilines is 1. The Morgan fingerprint density at radius 3 is 2.16 bits per heavy atom. The largest absolute Gasteiger partial charge is 0.458 e. The Bertz CT molecular complexity index is 953. The first kappa shape index (κ1) is 25.4. The van der Waals surface area contributed by atoms with E-state index >= 15 is 0 Å². The summed E-state index contributed by atoms with van der Waals surface area (Å²) in [6.07, 6.45) is -6.54. The van der Waals surface area contributed by atoms with Gasteiger partial charge in [0.15, 0.2) is 5.75 Å². The quantitative estimate of drug-likeness (QED) is 0.497. The number of para-hydroxylation sites is 2. The number of amides is 1. The molecular weight excluding hydrogens is 435 g/mol. The van der Waals surface area contributed by atoms with E-state index in [2.05, 4.69) is 5.32 Å². The van der Waals surface area contributed by atoms with Gasteiger partial charge in [-0.25, -0.2) is 4.79 Å². The lowest BCUT2D eigenvalue weighted by atomic mass is 10.0. The van der Waals surface area contributed by atoms with Gasteiger partial charge in [0.05, 0.1) is 5.69 Å². The first-order chi connectivity index (χ1) is 14.6. The number of benzene rings is 2. The summed E-state index contributed by atoms with van der Waals surface area (Å²) >= 11 is 0. The smallest absolute Gasteiger partial charge is 0.455 e.